The van der Waals surface area contributed by atoms with E-state index in [1.165, 1.54) is 18.2 Å². The minimum absolute atomic E-state index is 0.119. The summed E-state index contributed by atoms with van der Waals surface area (Å²) in [4.78, 5) is 11.1. The van der Waals surface area contributed by atoms with E-state index in [2.05, 4.69) is 0 Å². The highest BCUT2D eigenvalue weighted by Crippen LogP contribution is 2.37. The molecule has 2 aromatic rings. The molecule has 0 amide bonds. The Kier molecular flexibility index (Phi) is 3.62. The fourth-order valence-electron chi connectivity index (χ4n) is 2.43. The lowest BCUT2D eigenvalue weighted by Gasteiger charge is -2.20. The Labute approximate surface area is 131 Å². The van der Waals surface area contributed by atoms with Crippen LogP contribution < -0.4 is 4.74 Å². The summed E-state index contributed by atoms with van der Waals surface area (Å²) in [6, 6.07) is 7.45. The standard InChI is InChI=1S/C17H12ClFO3/c1-9-6-15(19)12(8-14(9)18)11-4-5-22-16-3-2-10(17(20)21)7-13(11)16/h2-4,6-8H,5H2,1H3,(H,20,21). The van der Waals surface area contributed by atoms with E-state index in [4.69, 9.17) is 21.4 Å². The summed E-state index contributed by atoms with van der Waals surface area (Å²) in [6.07, 6.45) is 1.72. The molecule has 0 fully saturated rings. The fourth-order valence-corrected chi connectivity index (χ4v) is 2.60. The Morgan fingerprint density at radius 3 is 2.77 bits per heavy atom. The van der Waals surface area contributed by atoms with Gasteiger partial charge in [0.05, 0.1) is 5.56 Å². The molecule has 2 aromatic carbocycles. The van der Waals surface area contributed by atoms with Crippen molar-refractivity contribution in [2.24, 2.45) is 0 Å². The molecule has 0 aliphatic carbocycles. The lowest BCUT2D eigenvalue weighted by atomic mass is 9.93. The maximum absolute atomic E-state index is 14.3. The summed E-state index contributed by atoms with van der Waals surface area (Å²) in [5, 5.41) is 9.58. The van der Waals surface area contributed by atoms with Crippen LogP contribution in [0.4, 0.5) is 4.39 Å². The van der Waals surface area contributed by atoms with Gasteiger partial charge in [-0.2, -0.15) is 0 Å². The van der Waals surface area contributed by atoms with Crippen LogP contribution in [0.3, 0.4) is 0 Å². The normalized spacial score (nSPS) is 13.1. The molecule has 0 bridgehead atoms. The third-order valence-electron chi connectivity index (χ3n) is 3.58. The fraction of sp³-hybridized carbons (Fsp3) is 0.118. The van der Waals surface area contributed by atoms with Gasteiger partial charge in [-0.05, 0) is 54.5 Å². The minimum atomic E-state index is -1.05. The van der Waals surface area contributed by atoms with Crippen LogP contribution in [0, 0.1) is 12.7 Å². The summed E-state index contributed by atoms with van der Waals surface area (Å²) in [6.45, 7) is 2.02. The second-order valence-electron chi connectivity index (χ2n) is 5.03. The van der Waals surface area contributed by atoms with Crippen LogP contribution in [0.15, 0.2) is 36.4 Å². The van der Waals surface area contributed by atoms with Crippen LogP contribution in [0.5, 0.6) is 5.75 Å². The summed E-state index contributed by atoms with van der Waals surface area (Å²) < 4.78 is 19.8. The molecule has 0 spiro atoms. The molecule has 3 nitrogen and oxygen atoms in total. The first kappa shape index (κ1) is 14.6. The highest BCUT2D eigenvalue weighted by Gasteiger charge is 2.20. The van der Waals surface area contributed by atoms with Crippen molar-refractivity contribution in [3.05, 3.63) is 69.5 Å². The molecule has 0 radical (unpaired) electrons. The minimum Gasteiger partial charge on any atom is -0.489 e. The number of aryl methyl sites for hydroxylation is 1. The highest BCUT2D eigenvalue weighted by atomic mass is 35.5. The lowest BCUT2D eigenvalue weighted by Crippen LogP contribution is -2.08. The number of hydrogen-bond acceptors (Lipinski definition) is 2. The van der Waals surface area contributed by atoms with Gasteiger partial charge in [0, 0.05) is 16.1 Å². The highest BCUT2D eigenvalue weighted by molar-refractivity contribution is 6.31. The molecule has 112 valence electrons. The molecule has 1 N–H and O–H groups in total. The maximum Gasteiger partial charge on any atom is 0.335 e. The molecule has 0 saturated heterocycles. The van der Waals surface area contributed by atoms with Crippen molar-refractivity contribution < 1.29 is 19.0 Å². The number of hydrogen-bond donors (Lipinski definition) is 1. The number of aromatic carboxylic acids is 1. The first-order chi connectivity index (χ1) is 10.5. The zero-order valence-corrected chi connectivity index (χ0v) is 12.4. The summed E-state index contributed by atoms with van der Waals surface area (Å²) in [5.41, 5.74) is 2.24. The molecule has 0 unspecified atom stereocenters. The molecular formula is C17H12ClFO3. The predicted molar refractivity (Wildman–Crippen MR) is 82.1 cm³/mol. The number of carboxylic acid groups (broad SMARTS) is 1. The molecular weight excluding hydrogens is 307 g/mol. The van der Waals surface area contributed by atoms with Crippen molar-refractivity contribution in [2.75, 3.05) is 6.61 Å². The van der Waals surface area contributed by atoms with Gasteiger partial charge in [0.2, 0.25) is 0 Å². The predicted octanol–water partition coefficient (Wildman–Crippen LogP) is 4.31. The molecule has 3 rings (SSSR count). The maximum atomic E-state index is 14.3. The van der Waals surface area contributed by atoms with Gasteiger partial charge in [0.15, 0.2) is 0 Å². The topological polar surface area (TPSA) is 46.5 Å². The largest absolute Gasteiger partial charge is 0.489 e. The Hall–Kier alpha value is -2.33. The summed E-state index contributed by atoms with van der Waals surface area (Å²) in [7, 11) is 0. The van der Waals surface area contributed by atoms with Gasteiger partial charge in [-0.15, -0.1) is 0 Å². The van der Waals surface area contributed by atoms with E-state index in [0.29, 0.717) is 39.6 Å². The van der Waals surface area contributed by atoms with Crippen LogP contribution in [0.2, 0.25) is 5.02 Å². The van der Waals surface area contributed by atoms with E-state index < -0.39 is 11.8 Å². The van der Waals surface area contributed by atoms with Gasteiger partial charge in [0.25, 0.3) is 0 Å². The van der Waals surface area contributed by atoms with Gasteiger partial charge in [-0.1, -0.05) is 11.6 Å². The first-order valence-electron chi connectivity index (χ1n) is 6.64. The third-order valence-corrected chi connectivity index (χ3v) is 3.99. The first-order valence-corrected chi connectivity index (χ1v) is 7.02. The molecule has 5 heteroatoms. The molecule has 22 heavy (non-hydrogen) atoms. The number of benzene rings is 2. The molecule has 1 heterocycles. The van der Waals surface area contributed by atoms with E-state index in [1.54, 1.807) is 25.1 Å². The Morgan fingerprint density at radius 1 is 1.27 bits per heavy atom. The average molecular weight is 319 g/mol. The third kappa shape index (κ3) is 2.46. The Bertz CT molecular complexity index is 812. The molecule has 0 atom stereocenters. The van der Waals surface area contributed by atoms with E-state index >= 15 is 0 Å². The van der Waals surface area contributed by atoms with Gasteiger partial charge < -0.3 is 9.84 Å². The molecule has 0 saturated carbocycles. The Balaban J connectivity index is 2.18. The van der Waals surface area contributed by atoms with Crippen LogP contribution in [-0.2, 0) is 0 Å². The second kappa shape index (κ2) is 5.46. The quantitative estimate of drug-likeness (QED) is 0.897. The number of ether oxygens (including phenoxy) is 1. The zero-order chi connectivity index (χ0) is 15.9. The van der Waals surface area contributed by atoms with Crippen molar-refractivity contribution in [1.82, 2.24) is 0 Å². The van der Waals surface area contributed by atoms with Crippen LogP contribution in [0.25, 0.3) is 5.57 Å². The average Bonchev–Trinajstić information content (AvgIpc) is 2.50. The SMILES string of the molecule is Cc1cc(F)c(C2=CCOc3ccc(C(=O)O)cc32)cc1Cl. The number of fused-ring (bicyclic) bond motifs is 1. The van der Waals surface area contributed by atoms with Crippen LogP contribution in [-0.4, -0.2) is 17.7 Å². The summed E-state index contributed by atoms with van der Waals surface area (Å²) in [5.74, 6) is -0.921. The Morgan fingerprint density at radius 2 is 2.05 bits per heavy atom. The molecule has 1 aliphatic heterocycles. The smallest absolute Gasteiger partial charge is 0.335 e. The van der Waals surface area contributed by atoms with E-state index in [9.17, 15) is 9.18 Å². The van der Waals surface area contributed by atoms with E-state index in [1.807, 2.05) is 0 Å². The molecule has 1 aliphatic rings. The zero-order valence-electron chi connectivity index (χ0n) is 11.7. The van der Waals surface area contributed by atoms with Crippen molar-refractivity contribution in [2.45, 2.75) is 6.92 Å². The van der Waals surface area contributed by atoms with Gasteiger partial charge in [-0.3, -0.25) is 0 Å². The van der Waals surface area contributed by atoms with Crippen molar-refractivity contribution in [1.29, 1.82) is 0 Å². The number of carbonyl (C=O) groups is 1. The van der Waals surface area contributed by atoms with E-state index in [-0.39, 0.29) is 5.56 Å². The molecule has 0 aromatic heterocycles. The number of rotatable bonds is 2. The van der Waals surface area contributed by atoms with Gasteiger partial charge in [0.1, 0.15) is 18.2 Å². The lowest BCUT2D eigenvalue weighted by molar-refractivity contribution is 0.0697. The van der Waals surface area contributed by atoms with Gasteiger partial charge >= 0.3 is 5.97 Å². The van der Waals surface area contributed by atoms with Crippen LogP contribution in [0.1, 0.15) is 27.0 Å². The van der Waals surface area contributed by atoms with Crippen LogP contribution >= 0.6 is 11.6 Å². The number of carboxylic acids is 1. The van der Waals surface area contributed by atoms with E-state index in [0.717, 1.165) is 0 Å². The van der Waals surface area contributed by atoms with Gasteiger partial charge in [-0.25, -0.2) is 9.18 Å². The van der Waals surface area contributed by atoms with Crippen molar-refractivity contribution >= 4 is 23.1 Å². The van der Waals surface area contributed by atoms with Crippen molar-refractivity contribution in [3.63, 3.8) is 0 Å². The second-order valence-corrected chi connectivity index (χ2v) is 5.43. The summed E-state index contributed by atoms with van der Waals surface area (Å²) >= 11 is 6.09. The number of halogens is 2. The monoisotopic (exact) mass is 318 g/mol. The van der Waals surface area contributed by atoms with Crippen molar-refractivity contribution in [3.8, 4) is 5.75 Å².